The second-order valence-electron chi connectivity index (χ2n) is 6.25. The van der Waals surface area contributed by atoms with Gasteiger partial charge in [-0.2, -0.15) is 0 Å². The first kappa shape index (κ1) is 17.8. The Morgan fingerprint density at radius 1 is 1.04 bits per heavy atom. The molecule has 0 bridgehead atoms. The van der Waals surface area contributed by atoms with Crippen molar-refractivity contribution in [2.24, 2.45) is 0 Å². The molecule has 0 heterocycles. The van der Waals surface area contributed by atoms with E-state index in [4.69, 9.17) is 0 Å². The maximum absolute atomic E-state index is 12.2. The number of aliphatic hydroxyl groups is 1. The van der Waals surface area contributed by atoms with Crippen molar-refractivity contribution in [3.63, 3.8) is 0 Å². The van der Waals surface area contributed by atoms with Gasteiger partial charge in [0.15, 0.2) is 0 Å². The quantitative estimate of drug-likeness (QED) is 0.789. The van der Waals surface area contributed by atoms with Crippen LogP contribution in [0.15, 0.2) is 70.5 Å². The minimum Gasteiger partial charge on any atom is -0.391 e. The third-order valence-corrected chi connectivity index (χ3v) is 5.46. The number of benzene rings is 2. The summed E-state index contributed by atoms with van der Waals surface area (Å²) in [6.45, 7) is 0. The van der Waals surface area contributed by atoms with Crippen molar-refractivity contribution in [3.8, 4) is 0 Å². The van der Waals surface area contributed by atoms with Gasteiger partial charge in [0.05, 0.1) is 12.1 Å². The van der Waals surface area contributed by atoms with Crippen LogP contribution in [0.5, 0.6) is 0 Å². The molecule has 2 unspecified atom stereocenters. The molecule has 1 aliphatic carbocycles. The molecule has 1 aliphatic rings. The van der Waals surface area contributed by atoms with Crippen LogP contribution in [-0.2, 0) is 4.79 Å². The van der Waals surface area contributed by atoms with E-state index in [-0.39, 0.29) is 11.9 Å². The van der Waals surface area contributed by atoms with Crippen LogP contribution in [0.4, 0.5) is 0 Å². The van der Waals surface area contributed by atoms with Gasteiger partial charge < -0.3 is 10.4 Å². The van der Waals surface area contributed by atoms with E-state index in [0.717, 1.165) is 41.0 Å². The smallest absolute Gasteiger partial charge is 0.244 e. The van der Waals surface area contributed by atoms with Crippen LogP contribution in [0.2, 0.25) is 0 Å². The van der Waals surface area contributed by atoms with Gasteiger partial charge in [0.25, 0.3) is 0 Å². The van der Waals surface area contributed by atoms with Gasteiger partial charge in [0.1, 0.15) is 0 Å². The zero-order valence-electron chi connectivity index (χ0n) is 14.1. The highest BCUT2D eigenvalue weighted by atomic mass is 32.2. The molecule has 0 aromatic heterocycles. The highest BCUT2D eigenvalue weighted by molar-refractivity contribution is 7.99. The summed E-state index contributed by atoms with van der Waals surface area (Å²) < 4.78 is 0. The number of rotatable bonds is 5. The van der Waals surface area contributed by atoms with Crippen molar-refractivity contribution in [1.29, 1.82) is 0 Å². The number of amides is 1. The molecule has 2 N–H and O–H groups in total. The third-order valence-electron chi connectivity index (χ3n) is 4.36. The minimum atomic E-state index is -0.424. The molecule has 1 fully saturated rings. The first-order valence-corrected chi connectivity index (χ1v) is 9.52. The summed E-state index contributed by atoms with van der Waals surface area (Å²) in [6.07, 6.45) is 6.69. The van der Waals surface area contributed by atoms with Gasteiger partial charge in [-0.1, -0.05) is 61.0 Å². The van der Waals surface area contributed by atoms with Gasteiger partial charge in [-0.15, -0.1) is 0 Å². The Morgan fingerprint density at radius 3 is 2.56 bits per heavy atom. The summed E-state index contributed by atoms with van der Waals surface area (Å²) in [5.41, 5.74) is 1.01. The maximum Gasteiger partial charge on any atom is 0.244 e. The molecule has 3 rings (SSSR count). The Kier molecular flexibility index (Phi) is 6.31. The fraction of sp³-hybridized carbons (Fsp3) is 0.286. The maximum atomic E-state index is 12.2. The molecule has 25 heavy (non-hydrogen) atoms. The second kappa shape index (κ2) is 8.88. The molecular weight excluding hydrogens is 330 g/mol. The van der Waals surface area contributed by atoms with Crippen LogP contribution in [0.25, 0.3) is 6.08 Å². The van der Waals surface area contributed by atoms with Gasteiger partial charge in [-0.25, -0.2) is 0 Å². The highest BCUT2D eigenvalue weighted by Crippen LogP contribution is 2.30. The predicted molar refractivity (Wildman–Crippen MR) is 102 cm³/mol. The average Bonchev–Trinajstić information content (AvgIpc) is 2.64. The summed E-state index contributed by atoms with van der Waals surface area (Å²) >= 11 is 1.68. The number of hydrogen-bond donors (Lipinski definition) is 2. The molecule has 3 nitrogen and oxygen atoms in total. The molecule has 0 spiro atoms. The molecule has 2 atom stereocenters. The summed E-state index contributed by atoms with van der Waals surface area (Å²) in [7, 11) is 0. The van der Waals surface area contributed by atoms with Gasteiger partial charge in [0, 0.05) is 15.9 Å². The fourth-order valence-corrected chi connectivity index (χ4v) is 3.95. The van der Waals surface area contributed by atoms with Gasteiger partial charge in [0.2, 0.25) is 5.91 Å². The standard InChI is InChI=1S/C21H23NO2S/c23-19-12-6-5-11-18(19)22-21(24)15-14-16-8-4-7-13-20(16)25-17-9-2-1-3-10-17/h1-4,7-10,13-15,18-19,23H,5-6,11-12H2,(H,22,24)/b15-14+. The van der Waals surface area contributed by atoms with E-state index in [1.165, 1.54) is 0 Å². The lowest BCUT2D eigenvalue weighted by atomic mass is 9.92. The van der Waals surface area contributed by atoms with E-state index in [1.54, 1.807) is 17.8 Å². The number of hydrogen-bond acceptors (Lipinski definition) is 3. The number of nitrogens with one attached hydrogen (secondary N) is 1. The van der Waals surface area contributed by atoms with E-state index >= 15 is 0 Å². The monoisotopic (exact) mass is 353 g/mol. The van der Waals surface area contributed by atoms with Crippen molar-refractivity contribution in [2.75, 3.05) is 0 Å². The van der Waals surface area contributed by atoms with Crippen molar-refractivity contribution < 1.29 is 9.90 Å². The van der Waals surface area contributed by atoms with E-state index in [1.807, 2.05) is 42.5 Å². The Balaban J connectivity index is 1.65. The van der Waals surface area contributed by atoms with E-state index in [9.17, 15) is 9.90 Å². The fourth-order valence-electron chi connectivity index (χ4n) is 3.00. The van der Waals surface area contributed by atoms with Crippen molar-refractivity contribution in [3.05, 3.63) is 66.2 Å². The summed E-state index contributed by atoms with van der Waals surface area (Å²) in [5.74, 6) is -0.148. The van der Waals surface area contributed by atoms with Crippen LogP contribution in [0, 0.1) is 0 Å². The van der Waals surface area contributed by atoms with Crippen LogP contribution < -0.4 is 5.32 Å². The van der Waals surface area contributed by atoms with E-state index in [2.05, 4.69) is 23.5 Å². The lowest BCUT2D eigenvalue weighted by molar-refractivity contribution is -0.118. The van der Waals surface area contributed by atoms with E-state index < -0.39 is 6.10 Å². The lowest BCUT2D eigenvalue weighted by Gasteiger charge is -2.27. The van der Waals surface area contributed by atoms with Crippen molar-refractivity contribution >= 4 is 23.7 Å². The lowest BCUT2D eigenvalue weighted by Crippen LogP contribution is -2.44. The van der Waals surface area contributed by atoms with Crippen LogP contribution in [-0.4, -0.2) is 23.2 Å². The third kappa shape index (κ3) is 5.21. The molecule has 0 radical (unpaired) electrons. The molecule has 130 valence electrons. The summed E-state index contributed by atoms with van der Waals surface area (Å²) in [5, 5.41) is 12.9. The minimum absolute atomic E-state index is 0.125. The van der Waals surface area contributed by atoms with E-state index in [0.29, 0.717) is 0 Å². The predicted octanol–water partition coefficient (Wildman–Crippen LogP) is 4.27. The molecule has 2 aromatic carbocycles. The number of carbonyl (C=O) groups is 1. The van der Waals surface area contributed by atoms with Crippen molar-refractivity contribution in [1.82, 2.24) is 5.32 Å². The first-order chi connectivity index (χ1) is 12.2. The van der Waals surface area contributed by atoms with Crippen LogP contribution in [0.3, 0.4) is 0 Å². The molecule has 2 aromatic rings. The normalized spacial score (nSPS) is 20.5. The van der Waals surface area contributed by atoms with Crippen LogP contribution in [0.1, 0.15) is 31.2 Å². The first-order valence-electron chi connectivity index (χ1n) is 8.71. The number of carbonyl (C=O) groups excluding carboxylic acids is 1. The average molecular weight is 353 g/mol. The molecule has 0 aliphatic heterocycles. The van der Waals surface area contributed by atoms with Gasteiger partial charge in [-0.3, -0.25) is 4.79 Å². The Labute approximate surface area is 153 Å². The summed E-state index contributed by atoms with van der Waals surface area (Å²) in [4.78, 5) is 14.5. The molecule has 4 heteroatoms. The van der Waals surface area contributed by atoms with Crippen molar-refractivity contribution in [2.45, 2.75) is 47.6 Å². The highest BCUT2D eigenvalue weighted by Gasteiger charge is 2.23. The van der Waals surface area contributed by atoms with Gasteiger partial charge in [-0.05, 0) is 42.7 Å². The summed E-state index contributed by atoms with van der Waals surface area (Å²) in [6, 6.07) is 18.1. The molecule has 1 saturated carbocycles. The van der Waals surface area contributed by atoms with Gasteiger partial charge >= 0.3 is 0 Å². The topological polar surface area (TPSA) is 49.3 Å². The Morgan fingerprint density at radius 2 is 1.76 bits per heavy atom. The van der Waals surface area contributed by atoms with Crippen LogP contribution >= 0.6 is 11.8 Å². The number of aliphatic hydroxyl groups excluding tert-OH is 1. The molecule has 1 amide bonds. The largest absolute Gasteiger partial charge is 0.391 e. The molecular formula is C21H23NO2S. The molecule has 0 saturated heterocycles. The zero-order chi connectivity index (χ0) is 17.5. The zero-order valence-corrected chi connectivity index (χ0v) is 14.9. The second-order valence-corrected chi connectivity index (χ2v) is 7.37. The Bertz CT molecular complexity index is 730. The SMILES string of the molecule is O=C(/C=C/c1ccccc1Sc1ccccc1)NC1CCCCC1O. The Hall–Kier alpha value is -2.04.